The van der Waals surface area contributed by atoms with Crippen LogP contribution in [0, 0.1) is 20.8 Å². The molecule has 0 amide bonds. The number of aryl methyl sites for hydroxylation is 3. The highest BCUT2D eigenvalue weighted by atomic mass is 16.3. The molecule has 2 rings (SSSR count). The van der Waals surface area contributed by atoms with Gasteiger partial charge in [-0.05, 0) is 62.8 Å². The van der Waals surface area contributed by atoms with Gasteiger partial charge in [-0.3, -0.25) is 0 Å². The molecule has 3 unspecified atom stereocenters. The maximum atomic E-state index is 10.1. The van der Waals surface area contributed by atoms with Gasteiger partial charge in [0.1, 0.15) is 0 Å². The molecule has 2 heteroatoms. The van der Waals surface area contributed by atoms with E-state index in [1.807, 2.05) is 0 Å². The first-order chi connectivity index (χ1) is 8.99. The molecule has 1 aliphatic rings. The van der Waals surface area contributed by atoms with Gasteiger partial charge in [0.25, 0.3) is 0 Å². The SMILES string of the molecule is Cc1cc(C)c(C(C)NC2CCCCC2O)cc1C. The van der Waals surface area contributed by atoms with E-state index in [1.165, 1.54) is 28.7 Å². The molecule has 0 aliphatic heterocycles. The molecule has 0 saturated heterocycles. The molecule has 0 heterocycles. The summed E-state index contributed by atoms with van der Waals surface area (Å²) in [5, 5.41) is 13.7. The third-order valence-corrected chi connectivity index (χ3v) is 4.54. The number of aliphatic hydroxyl groups excluding tert-OH is 1. The standard InChI is InChI=1S/C17H27NO/c1-11-9-13(3)15(10-12(11)2)14(4)18-16-7-5-6-8-17(16)19/h9-10,14,16-19H,5-8H2,1-4H3. The van der Waals surface area contributed by atoms with Crippen LogP contribution in [-0.2, 0) is 0 Å². The second-order valence-corrected chi connectivity index (χ2v) is 6.14. The Morgan fingerprint density at radius 3 is 2.37 bits per heavy atom. The van der Waals surface area contributed by atoms with Crippen molar-refractivity contribution in [2.24, 2.45) is 0 Å². The molecular formula is C17H27NO. The van der Waals surface area contributed by atoms with Crippen LogP contribution in [0.4, 0.5) is 0 Å². The smallest absolute Gasteiger partial charge is 0.0693 e. The fraction of sp³-hybridized carbons (Fsp3) is 0.647. The molecule has 1 aliphatic carbocycles. The molecule has 0 radical (unpaired) electrons. The van der Waals surface area contributed by atoms with Crippen molar-refractivity contribution in [1.29, 1.82) is 0 Å². The van der Waals surface area contributed by atoms with Crippen molar-refractivity contribution >= 4 is 0 Å². The van der Waals surface area contributed by atoms with E-state index in [9.17, 15) is 5.11 Å². The molecule has 3 atom stereocenters. The quantitative estimate of drug-likeness (QED) is 0.872. The molecule has 1 aromatic rings. The summed E-state index contributed by atoms with van der Waals surface area (Å²) in [5.74, 6) is 0. The zero-order valence-electron chi connectivity index (χ0n) is 12.7. The van der Waals surface area contributed by atoms with Crippen molar-refractivity contribution < 1.29 is 5.11 Å². The second-order valence-electron chi connectivity index (χ2n) is 6.14. The average molecular weight is 261 g/mol. The van der Waals surface area contributed by atoms with E-state index in [4.69, 9.17) is 0 Å². The Balaban J connectivity index is 2.11. The molecule has 1 aromatic carbocycles. The Bertz CT molecular complexity index is 441. The Labute approximate surface area is 117 Å². The molecule has 106 valence electrons. The van der Waals surface area contributed by atoms with Crippen LogP contribution >= 0.6 is 0 Å². The van der Waals surface area contributed by atoms with E-state index < -0.39 is 0 Å². The van der Waals surface area contributed by atoms with Gasteiger partial charge in [0.05, 0.1) is 6.10 Å². The van der Waals surface area contributed by atoms with Gasteiger partial charge in [-0.25, -0.2) is 0 Å². The minimum absolute atomic E-state index is 0.178. The number of rotatable bonds is 3. The summed E-state index contributed by atoms with van der Waals surface area (Å²) < 4.78 is 0. The largest absolute Gasteiger partial charge is 0.392 e. The van der Waals surface area contributed by atoms with Crippen LogP contribution in [0.5, 0.6) is 0 Å². The maximum Gasteiger partial charge on any atom is 0.0693 e. The lowest BCUT2D eigenvalue weighted by atomic mass is 9.90. The predicted octanol–water partition coefficient (Wildman–Crippen LogP) is 3.57. The summed E-state index contributed by atoms with van der Waals surface area (Å²) in [6.45, 7) is 8.71. The molecule has 2 nitrogen and oxygen atoms in total. The van der Waals surface area contributed by atoms with E-state index in [0.717, 1.165) is 19.3 Å². The lowest BCUT2D eigenvalue weighted by Gasteiger charge is -2.32. The number of hydrogen-bond acceptors (Lipinski definition) is 2. The number of hydrogen-bond donors (Lipinski definition) is 2. The summed E-state index contributed by atoms with van der Waals surface area (Å²) >= 11 is 0. The van der Waals surface area contributed by atoms with E-state index in [1.54, 1.807) is 0 Å². The second kappa shape index (κ2) is 6.06. The third-order valence-electron chi connectivity index (χ3n) is 4.54. The first kappa shape index (κ1) is 14.5. The minimum atomic E-state index is -0.178. The molecule has 19 heavy (non-hydrogen) atoms. The Kier molecular flexibility index (Phi) is 4.64. The normalized spacial score (nSPS) is 25.3. The van der Waals surface area contributed by atoms with Crippen LogP contribution in [0.2, 0.25) is 0 Å². The van der Waals surface area contributed by atoms with Gasteiger partial charge in [0, 0.05) is 12.1 Å². The fourth-order valence-electron chi connectivity index (χ4n) is 3.17. The maximum absolute atomic E-state index is 10.1. The molecule has 0 bridgehead atoms. The summed E-state index contributed by atoms with van der Waals surface area (Å²) in [7, 11) is 0. The number of aliphatic hydroxyl groups is 1. The molecule has 0 spiro atoms. The Morgan fingerprint density at radius 1 is 1.05 bits per heavy atom. The van der Waals surface area contributed by atoms with Crippen molar-refractivity contribution in [1.82, 2.24) is 5.32 Å². The topological polar surface area (TPSA) is 32.3 Å². The summed E-state index contributed by atoms with van der Waals surface area (Å²) in [6, 6.07) is 5.11. The van der Waals surface area contributed by atoms with Crippen molar-refractivity contribution in [2.45, 2.75) is 71.6 Å². The van der Waals surface area contributed by atoms with Gasteiger partial charge in [-0.2, -0.15) is 0 Å². The van der Waals surface area contributed by atoms with E-state index in [0.29, 0.717) is 6.04 Å². The van der Waals surface area contributed by atoms with Gasteiger partial charge in [0.2, 0.25) is 0 Å². The lowest BCUT2D eigenvalue weighted by Crippen LogP contribution is -2.43. The van der Waals surface area contributed by atoms with Crippen LogP contribution in [0.25, 0.3) is 0 Å². The van der Waals surface area contributed by atoms with Crippen LogP contribution in [0.15, 0.2) is 12.1 Å². The van der Waals surface area contributed by atoms with E-state index in [2.05, 4.69) is 45.1 Å². The number of benzene rings is 1. The third kappa shape index (κ3) is 3.37. The molecule has 2 N–H and O–H groups in total. The highest BCUT2D eigenvalue weighted by molar-refractivity contribution is 5.38. The first-order valence-corrected chi connectivity index (χ1v) is 7.51. The summed E-state index contributed by atoms with van der Waals surface area (Å²) in [4.78, 5) is 0. The van der Waals surface area contributed by atoms with Crippen molar-refractivity contribution in [3.63, 3.8) is 0 Å². The average Bonchev–Trinajstić information content (AvgIpc) is 2.36. The molecule has 1 fully saturated rings. The van der Waals surface area contributed by atoms with Gasteiger partial charge >= 0.3 is 0 Å². The lowest BCUT2D eigenvalue weighted by molar-refractivity contribution is 0.0859. The van der Waals surface area contributed by atoms with E-state index in [-0.39, 0.29) is 12.1 Å². The monoisotopic (exact) mass is 261 g/mol. The van der Waals surface area contributed by atoms with Crippen LogP contribution in [0.1, 0.15) is 60.9 Å². The van der Waals surface area contributed by atoms with Crippen LogP contribution < -0.4 is 5.32 Å². The molecule has 0 aromatic heterocycles. The van der Waals surface area contributed by atoms with Gasteiger partial charge in [-0.15, -0.1) is 0 Å². The van der Waals surface area contributed by atoms with Crippen LogP contribution in [-0.4, -0.2) is 17.3 Å². The zero-order chi connectivity index (χ0) is 14.0. The number of nitrogens with one attached hydrogen (secondary N) is 1. The van der Waals surface area contributed by atoms with E-state index >= 15 is 0 Å². The fourth-order valence-corrected chi connectivity index (χ4v) is 3.17. The van der Waals surface area contributed by atoms with Crippen LogP contribution in [0.3, 0.4) is 0 Å². The predicted molar refractivity (Wildman–Crippen MR) is 80.5 cm³/mol. The van der Waals surface area contributed by atoms with Gasteiger partial charge in [-0.1, -0.05) is 25.0 Å². The van der Waals surface area contributed by atoms with Crippen molar-refractivity contribution in [3.05, 3.63) is 34.4 Å². The van der Waals surface area contributed by atoms with Crippen molar-refractivity contribution in [2.75, 3.05) is 0 Å². The zero-order valence-corrected chi connectivity index (χ0v) is 12.7. The molecule has 1 saturated carbocycles. The molecular weight excluding hydrogens is 234 g/mol. The highest BCUT2D eigenvalue weighted by Crippen LogP contribution is 2.25. The first-order valence-electron chi connectivity index (χ1n) is 7.51. The van der Waals surface area contributed by atoms with Gasteiger partial charge in [0.15, 0.2) is 0 Å². The minimum Gasteiger partial charge on any atom is -0.392 e. The summed E-state index contributed by atoms with van der Waals surface area (Å²) in [5.41, 5.74) is 5.40. The van der Waals surface area contributed by atoms with Crippen molar-refractivity contribution in [3.8, 4) is 0 Å². The van der Waals surface area contributed by atoms with Gasteiger partial charge < -0.3 is 10.4 Å². The summed E-state index contributed by atoms with van der Waals surface area (Å²) in [6.07, 6.45) is 4.25. The Hall–Kier alpha value is -0.860. The highest BCUT2D eigenvalue weighted by Gasteiger charge is 2.24. The Morgan fingerprint density at radius 2 is 1.68 bits per heavy atom.